The number of amides is 1. The molecule has 1 fully saturated rings. The second-order valence-corrected chi connectivity index (χ2v) is 6.88. The number of piperidine rings is 1. The van der Waals surface area contributed by atoms with E-state index >= 15 is 0 Å². The fourth-order valence-corrected chi connectivity index (χ4v) is 2.76. The van der Waals surface area contributed by atoms with E-state index in [4.69, 9.17) is 16.3 Å². The Morgan fingerprint density at radius 1 is 1.43 bits per heavy atom. The van der Waals surface area contributed by atoms with Crippen LogP contribution >= 0.6 is 24.0 Å². The third-order valence-corrected chi connectivity index (χ3v) is 4.57. The van der Waals surface area contributed by atoms with E-state index < -0.39 is 6.10 Å². The Morgan fingerprint density at radius 3 is 2.74 bits per heavy atom. The van der Waals surface area contributed by atoms with E-state index in [0.29, 0.717) is 17.3 Å². The van der Waals surface area contributed by atoms with Gasteiger partial charge in [0.25, 0.3) is 5.91 Å². The first-order valence-corrected chi connectivity index (χ1v) is 8.19. The number of rotatable bonds is 5. The molecular weight excluding hydrogens is 335 g/mol. The van der Waals surface area contributed by atoms with Crippen LogP contribution in [0.1, 0.15) is 32.3 Å². The topological polar surface area (TPSA) is 50.4 Å². The highest BCUT2D eigenvalue weighted by Gasteiger charge is 2.28. The summed E-state index contributed by atoms with van der Waals surface area (Å²) in [5, 5.41) is 6.88. The summed E-state index contributed by atoms with van der Waals surface area (Å²) in [4.78, 5) is 12.2. The molecule has 2 N–H and O–H groups in total. The van der Waals surface area contributed by atoms with Gasteiger partial charge in [-0.1, -0.05) is 24.6 Å². The molecular formula is C17H26Cl2N2O2. The molecule has 6 heteroatoms. The lowest BCUT2D eigenvalue weighted by Crippen LogP contribution is -2.45. The Labute approximate surface area is 149 Å². The molecule has 1 aliphatic rings. The number of hydrogen-bond donors (Lipinski definition) is 2. The molecule has 4 nitrogen and oxygen atoms in total. The summed E-state index contributed by atoms with van der Waals surface area (Å²) in [6, 6.07) is 5.55. The van der Waals surface area contributed by atoms with Gasteiger partial charge in [-0.25, -0.2) is 0 Å². The molecule has 2 rings (SSSR count). The van der Waals surface area contributed by atoms with Crippen molar-refractivity contribution in [1.29, 1.82) is 0 Å². The lowest BCUT2D eigenvalue weighted by Gasteiger charge is -2.34. The highest BCUT2D eigenvalue weighted by Crippen LogP contribution is 2.28. The van der Waals surface area contributed by atoms with E-state index in [0.717, 1.165) is 31.5 Å². The van der Waals surface area contributed by atoms with Crippen molar-refractivity contribution in [2.24, 2.45) is 5.41 Å². The molecule has 0 bridgehead atoms. The van der Waals surface area contributed by atoms with Gasteiger partial charge in [0, 0.05) is 6.54 Å². The first-order chi connectivity index (χ1) is 10.4. The highest BCUT2D eigenvalue weighted by atomic mass is 35.5. The zero-order chi connectivity index (χ0) is 16.2. The third-order valence-electron chi connectivity index (χ3n) is 4.26. The van der Waals surface area contributed by atoms with Gasteiger partial charge in [-0.3, -0.25) is 4.79 Å². The Kier molecular flexibility index (Phi) is 7.65. The van der Waals surface area contributed by atoms with Crippen molar-refractivity contribution in [3.8, 4) is 5.75 Å². The summed E-state index contributed by atoms with van der Waals surface area (Å²) in [6.07, 6.45) is 1.59. The van der Waals surface area contributed by atoms with Gasteiger partial charge in [-0.2, -0.15) is 0 Å². The van der Waals surface area contributed by atoms with Gasteiger partial charge < -0.3 is 15.4 Å². The lowest BCUT2D eigenvalue weighted by molar-refractivity contribution is -0.127. The highest BCUT2D eigenvalue weighted by molar-refractivity contribution is 6.32. The predicted octanol–water partition coefficient (Wildman–Crippen LogP) is 3.34. The summed E-state index contributed by atoms with van der Waals surface area (Å²) >= 11 is 6.10. The number of aryl methyl sites for hydroxylation is 1. The average Bonchev–Trinajstić information content (AvgIpc) is 2.49. The molecule has 1 heterocycles. The van der Waals surface area contributed by atoms with Gasteiger partial charge in [0.05, 0.1) is 5.02 Å². The Balaban J connectivity index is 0.00000264. The minimum atomic E-state index is -0.565. The maximum atomic E-state index is 12.2. The van der Waals surface area contributed by atoms with Crippen molar-refractivity contribution < 1.29 is 9.53 Å². The molecule has 1 aliphatic heterocycles. The maximum absolute atomic E-state index is 12.2. The molecule has 1 saturated heterocycles. The van der Waals surface area contributed by atoms with Gasteiger partial charge in [-0.05, 0) is 62.9 Å². The number of benzene rings is 1. The quantitative estimate of drug-likeness (QED) is 0.846. The number of halogens is 2. The van der Waals surface area contributed by atoms with Crippen LogP contribution in [-0.2, 0) is 4.79 Å². The van der Waals surface area contributed by atoms with Crippen LogP contribution < -0.4 is 15.4 Å². The SMILES string of the molecule is Cc1ccc(Cl)c(OC(C)C(=O)NCC2(C)CCNCC2)c1.Cl. The van der Waals surface area contributed by atoms with Crippen molar-refractivity contribution in [3.05, 3.63) is 28.8 Å². The number of nitrogens with one attached hydrogen (secondary N) is 2. The Morgan fingerprint density at radius 2 is 2.09 bits per heavy atom. The molecule has 1 aromatic carbocycles. The fourth-order valence-electron chi connectivity index (χ4n) is 2.60. The summed E-state index contributed by atoms with van der Waals surface area (Å²) in [5.74, 6) is 0.453. The first kappa shape index (κ1) is 20.1. The standard InChI is InChI=1S/C17H25ClN2O2.ClH/c1-12-4-5-14(18)15(10-12)22-13(2)16(21)20-11-17(3)6-8-19-9-7-17;/h4-5,10,13,19H,6-9,11H2,1-3H3,(H,20,21);1H. The van der Waals surface area contributed by atoms with Gasteiger partial charge in [-0.15, -0.1) is 12.4 Å². The first-order valence-electron chi connectivity index (χ1n) is 7.81. The van der Waals surface area contributed by atoms with Gasteiger partial charge in [0.15, 0.2) is 6.10 Å². The summed E-state index contributed by atoms with van der Waals surface area (Å²) in [5.41, 5.74) is 1.22. The number of hydrogen-bond acceptors (Lipinski definition) is 3. The van der Waals surface area contributed by atoms with E-state index in [2.05, 4.69) is 17.6 Å². The monoisotopic (exact) mass is 360 g/mol. The molecule has 0 spiro atoms. The van der Waals surface area contributed by atoms with E-state index in [9.17, 15) is 4.79 Å². The zero-order valence-electron chi connectivity index (χ0n) is 13.9. The molecule has 0 radical (unpaired) electrons. The summed E-state index contributed by atoms with van der Waals surface area (Å²) in [6.45, 7) is 8.64. The molecule has 1 aromatic rings. The minimum Gasteiger partial charge on any atom is -0.479 e. The van der Waals surface area contributed by atoms with Crippen molar-refractivity contribution in [2.45, 2.75) is 39.7 Å². The van der Waals surface area contributed by atoms with E-state index in [-0.39, 0.29) is 23.7 Å². The van der Waals surface area contributed by atoms with E-state index in [1.165, 1.54) is 0 Å². The van der Waals surface area contributed by atoms with Crippen LogP contribution in [0.2, 0.25) is 5.02 Å². The van der Waals surface area contributed by atoms with E-state index in [1.807, 2.05) is 19.1 Å². The molecule has 1 atom stereocenters. The molecule has 1 amide bonds. The van der Waals surface area contributed by atoms with Crippen LogP contribution in [0, 0.1) is 12.3 Å². The van der Waals surface area contributed by atoms with Crippen LogP contribution in [0.25, 0.3) is 0 Å². The van der Waals surface area contributed by atoms with Crippen molar-refractivity contribution in [1.82, 2.24) is 10.6 Å². The van der Waals surface area contributed by atoms with Crippen LogP contribution in [0.5, 0.6) is 5.75 Å². The molecule has 130 valence electrons. The Bertz CT molecular complexity index is 531. The van der Waals surface area contributed by atoms with Gasteiger partial charge in [0.2, 0.25) is 0 Å². The maximum Gasteiger partial charge on any atom is 0.260 e. The van der Waals surface area contributed by atoms with Gasteiger partial charge >= 0.3 is 0 Å². The number of carbonyl (C=O) groups is 1. The van der Waals surface area contributed by atoms with Crippen molar-refractivity contribution in [3.63, 3.8) is 0 Å². The number of ether oxygens (including phenoxy) is 1. The molecule has 23 heavy (non-hydrogen) atoms. The molecule has 0 aromatic heterocycles. The van der Waals surface area contributed by atoms with Crippen LogP contribution in [0.4, 0.5) is 0 Å². The molecule has 1 unspecified atom stereocenters. The Hall–Kier alpha value is -0.970. The smallest absolute Gasteiger partial charge is 0.260 e. The average molecular weight is 361 g/mol. The predicted molar refractivity (Wildman–Crippen MR) is 96.7 cm³/mol. The zero-order valence-corrected chi connectivity index (χ0v) is 15.5. The lowest BCUT2D eigenvalue weighted by atomic mass is 9.81. The van der Waals surface area contributed by atoms with Crippen LogP contribution in [0.15, 0.2) is 18.2 Å². The second-order valence-electron chi connectivity index (χ2n) is 6.47. The summed E-state index contributed by atoms with van der Waals surface area (Å²) < 4.78 is 5.70. The van der Waals surface area contributed by atoms with Crippen molar-refractivity contribution in [2.75, 3.05) is 19.6 Å². The fraction of sp³-hybridized carbons (Fsp3) is 0.588. The van der Waals surface area contributed by atoms with E-state index in [1.54, 1.807) is 13.0 Å². The summed E-state index contributed by atoms with van der Waals surface area (Å²) in [7, 11) is 0. The molecule has 0 saturated carbocycles. The van der Waals surface area contributed by atoms with Crippen LogP contribution in [-0.4, -0.2) is 31.6 Å². The van der Waals surface area contributed by atoms with Gasteiger partial charge in [0.1, 0.15) is 5.75 Å². The second kappa shape index (κ2) is 8.76. The van der Waals surface area contributed by atoms with Crippen molar-refractivity contribution >= 4 is 29.9 Å². The van der Waals surface area contributed by atoms with Crippen LogP contribution in [0.3, 0.4) is 0 Å². The largest absolute Gasteiger partial charge is 0.479 e. The normalized spacial score (nSPS) is 17.7. The minimum absolute atomic E-state index is 0. The third kappa shape index (κ3) is 5.87. The molecule has 0 aliphatic carbocycles. The number of carbonyl (C=O) groups excluding carboxylic acids is 1.